The Bertz CT molecular complexity index is 657. The second kappa shape index (κ2) is 11.2. The van der Waals surface area contributed by atoms with Gasteiger partial charge in [0.2, 0.25) is 0 Å². The molecular formula is C20H26O6. The first-order chi connectivity index (χ1) is 12.3. The number of ether oxygens (including phenoxy) is 1. The van der Waals surface area contributed by atoms with Crippen LogP contribution < -0.4 is 0 Å². The lowest BCUT2D eigenvalue weighted by atomic mass is 9.94. The van der Waals surface area contributed by atoms with Crippen molar-refractivity contribution in [2.45, 2.75) is 46.0 Å². The van der Waals surface area contributed by atoms with E-state index >= 15 is 0 Å². The van der Waals surface area contributed by atoms with Crippen LogP contribution in [0.3, 0.4) is 0 Å². The second-order valence-electron chi connectivity index (χ2n) is 6.14. The third kappa shape index (κ3) is 7.61. The molecule has 0 amide bonds. The number of carbonyl (C=O) groups is 3. The predicted octanol–water partition coefficient (Wildman–Crippen LogP) is 3.63. The minimum atomic E-state index is -1.31. The van der Waals surface area contributed by atoms with Gasteiger partial charge >= 0.3 is 11.9 Å². The summed E-state index contributed by atoms with van der Waals surface area (Å²) in [6.45, 7) is 4.75. The van der Waals surface area contributed by atoms with Crippen molar-refractivity contribution in [3.05, 3.63) is 46.5 Å². The number of carbonyl (C=O) groups excluding carboxylic acids is 1. The number of rotatable bonds is 12. The van der Waals surface area contributed by atoms with Gasteiger partial charge in [-0.25, -0.2) is 4.79 Å². The fourth-order valence-corrected chi connectivity index (χ4v) is 2.43. The van der Waals surface area contributed by atoms with Crippen molar-refractivity contribution in [1.29, 1.82) is 0 Å². The molecule has 0 fully saturated rings. The smallest absolute Gasteiger partial charge is 0.332 e. The molecule has 1 aromatic carbocycles. The molecule has 0 heterocycles. The van der Waals surface area contributed by atoms with Crippen LogP contribution in [0.4, 0.5) is 0 Å². The summed E-state index contributed by atoms with van der Waals surface area (Å²) in [5, 5.41) is 18.4. The molecule has 0 aliphatic heterocycles. The molecule has 26 heavy (non-hydrogen) atoms. The van der Waals surface area contributed by atoms with Crippen LogP contribution in [0.25, 0.3) is 0 Å². The maximum absolute atomic E-state index is 12.5. The largest absolute Gasteiger partial charge is 0.481 e. The van der Waals surface area contributed by atoms with Gasteiger partial charge in [0.25, 0.3) is 0 Å². The van der Waals surface area contributed by atoms with Crippen LogP contribution >= 0.6 is 0 Å². The molecule has 0 radical (unpaired) electrons. The predicted molar refractivity (Wildman–Crippen MR) is 97.4 cm³/mol. The summed E-state index contributed by atoms with van der Waals surface area (Å²) in [6.07, 6.45) is 1.34. The topological polar surface area (TPSA) is 101 Å². The highest BCUT2D eigenvalue weighted by molar-refractivity contribution is 6.00. The molecule has 0 spiro atoms. The quantitative estimate of drug-likeness (QED) is 0.334. The van der Waals surface area contributed by atoms with E-state index in [0.29, 0.717) is 17.7 Å². The lowest BCUT2D eigenvalue weighted by Gasteiger charge is -2.12. The van der Waals surface area contributed by atoms with E-state index in [2.05, 4.69) is 0 Å². The SMILES string of the molecule is CCCCOCCC(CC(=O)c1ccc(C)cc1)=C(CC(=O)O)C(=O)O. The van der Waals surface area contributed by atoms with Gasteiger partial charge in [-0.2, -0.15) is 0 Å². The van der Waals surface area contributed by atoms with Crippen molar-refractivity contribution in [2.75, 3.05) is 13.2 Å². The zero-order valence-electron chi connectivity index (χ0n) is 15.3. The zero-order chi connectivity index (χ0) is 19.5. The average Bonchev–Trinajstić information content (AvgIpc) is 2.58. The maximum atomic E-state index is 12.5. The molecule has 1 aromatic rings. The zero-order valence-corrected chi connectivity index (χ0v) is 15.3. The third-order valence-electron chi connectivity index (χ3n) is 3.95. The van der Waals surface area contributed by atoms with Crippen LogP contribution in [-0.4, -0.2) is 41.1 Å². The Balaban J connectivity index is 2.97. The lowest BCUT2D eigenvalue weighted by Crippen LogP contribution is -2.14. The maximum Gasteiger partial charge on any atom is 0.332 e. The number of hydrogen-bond donors (Lipinski definition) is 2. The summed E-state index contributed by atoms with van der Waals surface area (Å²) < 4.78 is 5.46. The van der Waals surface area contributed by atoms with Crippen molar-refractivity contribution in [3.8, 4) is 0 Å². The summed E-state index contributed by atoms with van der Waals surface area (Å²) in [4.78, 5) is 35.0. The molecule has 1 rings (SSSR count). The summed E-state index contributed by atoms with van der Waals surface area (Å²) in [5.41, 5.74) is 1.55. The monoisotopic (exact) mass is 362 g/mol. The Morgan fingerprint density at radius 2 is 1.65 bits per heavy atom. The number of benzene rings is 1. The minimum absolute atomic E-state index is 0.130. The van der Waals surface area contributed by atoms with E-state index in [-0.39, 0.29) is 30.8 Å². The van der Waals surface area contributed by atoms with Crippen molar-refractivity contribution in [2.24, 2.45) is 0 Å². The van der Waals surface area contributed by atoms with Crippen LogP contribution in [0.2, 0.25) is 0 Å². The molecule has 0 aromatic heterocycles. The summed E-state index contributed by atoms with van der Waals surface area (Å²) >= 11 is 0. The molecule has 6 nitrogen and oxygen atoms in total. The number of ketones is 1. The molecule has 0 saturated carbocycles. The van der Waals surface area contributed by atoms with Crippen LogP contribution in [-0.2, 0) is 14.3 Å². The van der Waals surface area contributed by atoms with Gasteiger partial charge in [0, 0.05) is 24.2 Å². The van der Waals surface area contributed by atoms with E-state index in [0.717, 1.165) is 18.4 Å². The normalized spacial score (nSPS) is 11.8. The van der Waals surface area contributed by atoms with Crippen LogP contribution in [0.1, 0.15) is 54.9 Å². The Morgan fingerprint density at radius 1 is 1.00 bits per heavy atom. The van der Waals surface area contributed by atoms with E-state index < -0.39 is 18.4 Å². The van der Waals surface area contributed by atoms with E-state index in [1.807, 2.05) is 13.8 Å². The standard InChI is InChI=1S/C20H26O6/c1-3-4-10-26-11-9-16(17(20(24)25)13-19(22)23)12-18(21)15-7-5-14(2)6-8-15/h5-8H,3-4,9-13H2,1-2H3,(H,22,23)(H,24,25). The van der Waals surface area contributed by atoms with Crippen molar-refractivity contribution in [3.63, 3.8) is 0 Å². The van der Waals surface area contributed by atoms with Gasteiger partial charge in [-0.3, -0.25) is 9.59 Å². The lowest BCUT2D eigenvalue weighted by molar-refractivity contribution is -0.139. The summed E-state index contributed by atoms with van der Waals surface area (Å²) in [6, 6.07) is 6.98. The van der Waals surface area contributed by atoms with Crippen molar-refractivity contribution in [1.82, 2.24) is 0 Å². The van der Waals surface area contributed by atoms with Crippen molar-refractivity contribution < 1.29 is 29.3 Å². The first-order valence-electron chi connectivity index (χ1n) is 8.68. The molecule has 0 unspecified atom stereocenters. The van der Waals surface area contributed by atoms with Crippen LogP contribution in [0.5, 0.6) is 0 Å². The fourth-order valence-electron chi connectivity index (χ4n) is 2.43. The van der Waals surface area contributed by atoms with Gasteiger partial charge in [0.1, 0.15) is 0 Å². The number of Topliss-reactive ketones (excluding diaryl/α,β-unsaturated/α-hetero) is 1. The number of hydrogen-bond acceptors (Lipinski definition) is 4. The summed E-state index contributed by atoms with van der Waals surface area (Å²) in [7, 11) is 0. The third-order valence-corrected chi connectivity index (χ3v) is 3.95. The molecule has 142 valence electrons. The van der Waals surface area contributed by atoms with Gasteiger partial charge in [-0.1, -0.05) is 43.2 Å². The van der Waals surface area contributed by atoms with E-state index in [1.165, 1.54) is 0 Å². The van der Waals surface area contributed by atoms with E-state index in [4.69, 9.17) is 9.84 Å². The first-order valence-corrected chi connectivity index (χ1v) is 8.68. The minimum Gasteiger partial charge on any atom is -0.481 e. The number of aliphatic carboxylic acids is 2. The number of unbranched alkanes of at least 4 members (excludes halogenated alkanes) is 1. The molecule has 0 aliphatic rings. The highest BCUT2D eigenvalue weighted by Gasteiger charge is 2.20. The van der Waals surface area contributed by atoms with Gasteiger partial charge in [-0.05, 0) is 25.3 Å². The molecule has 0 bridgehead atoms. The van der Waals surface area contributed by atoms with E-state index in [1.54, 1.807) is 24.3 Å². The molecule has 6 heteroatoms. The number of carboxylic acid groups (broad SMARTS) is 2. The Hall–Kier alpha value is -2.47. The second-order valence-corrected chi connectivity index (χ2v) is 6.14. The molecule has 0 saturated heterocycles. The number of carboxylic acids is 2. The van der Waals surface area contributed by atoms with Crippen LogP contribution in [0.15, 0.2) is 35.4 Å². The average molecular weight is 362 g/mol. The van der Waals surface area contributed by atoms with Crippen molar-refractivity contribution >= 4 is 17.7 Å². The van der Waals surface area contributed by atoms with Gasteiger partial charge < -0.3 is 14.9 Å². The first kappa shape index (κ1) is 21.6. The highest BCUT2D eigenvalue weighted by atomic mass is 16.5. The van der Waals surface area contributed by atoms with Gasteiger partial charge in [0.05, 0.1) is 13.0 Å². The summed E-state index contributed by atoms with van der Waals surface area (Å²) in [5.74, 6) is -2.79. The Kier molecular flexibility index (Phi) is 9.30. The van der Waals surface area contributed by atoms with Crippen LogP contribution in [0, 0.1) is 6.92 Å². The molecule has 2 N–H and O–H groups in total. The Labute approximate surface area is 153 Å². The fraction of sp³-hybridized carbons (Fsp3) is 0.450. The number of aryl methyl sites for hydroxylation is 1. The van der Waals surface area contributed by atoms with E-state index in [9.17, 15) is 19.5 Å². The molecular weight excluding hydrogens is 336 g/mol. The Morgan fingerprint density at radius 3 is 2.19 bits per heavy atom. The molecule has 0 aliphatic carbocycles. The highest BCUT2D eigenvalue weighted by Crippen LogP contribution is 2.20. The molecule has 0 atom stereocenters. The van der Waals surface area contributed by atoms with Gasteiger partial charge in [0.15, 0.2) is 5.78 Å². The van der Waals surface area contributed by atoms with Gasteiger partial charge in [-0.15, -0.1) is 0 Å².